The third-order valence-electron chi connectivity index (χ3n) is 2.64. The molecule has 1 aromatic carbocycles. The molecule has 4 nitrogen and oxygen atoms in total. The number of aliphatic hydroxyl groups is 1. The van der Waals surface area contributed by atoms with Crippen molar-refractivity contribution < 1.29 is 5.11 Å². The first-order chi connectivity index (χ1) is 7.70. The Hall–Kier alpha value is -1.68. The number of rotatable bonds is 3. The number of hydrogen-bond acceptors (Lipinski definition) is 3. The van der Waals surface area contributed by atoms with Crippen molar-refractivity contribution in [1.29, 1.82) is 0 Å². The molecule has 1 N–H and O–H groups in total. The lowest BCUT2D eigenvalue weighted by molar-refractivity contribution is 0.276. The van der Waals surface area contributed by atoms with Crippen LogP contribution in [-0.2, 0) is 13.2 Å². The van der Waals surface area contributed by atoms with E-state index in [0.717, 1.165) is 5.69 Å². The van der Waals surface area contributed by atoms with Crippen molar-refractivity contribution >= 4 is 0 Å². The van der Waals surface area contributed by atoms with Gasteiger partial charge in [-0.15, -0.1) is 5.10 Å². The van der Waals surface area contributed by atoms with E-state index in [4.69, 9.17) is 5.11 Å². The Morgan fingerprint density at radius 3 is 2.75 bits per heavy atom. The Morgan fingerprint density at radius 2 is 2.12 bits per heavy atom. The highest BCUT2D eigenvalue weighted by Crippen LogP contribution is 2.09. The second-order valence-corrected chi connectivity index (χ2v) is 3.93. The SMILES string of the molecule is Cc1cccc(Cn2nnc(CO)c2C)c1. The first-order valence-electron chi connectivity index (χ1n) is 5.26. The summed E-state index contributed by atoms with van der Waals surface area (Å²) >= 11 is 0. The van der Waals surface area contributed by atoms with Crippen molar-refractivity contribution in [3.05, 3.63) is 46.8 Å². The molecule has 0 atom stereocenters. The van der Waals surface area contributed by atoms with Gasteiger partial charge in [0.15, 0.2) is 0 Å². The summed E-state index contributed by atoms with van der Waals surface area (Å²) in [5, 5.41) is 17.0. The van der Waals surface area contributed by atoms with Crippen LogP contribution < -0.4 is 0 Å². The molecule has 1 heterocycles. The third-order valence-corrected chi connectivity index (χ3v) is 2.64. The smallest absolute Gasteiger partial charge is 0.111 e. The molecule has 0 amide bonds. The van der Waals surface area contributed by atoms with Gasteiger partial charge in [-0.2, -0.15) is 0 Å². The lowest BCUT2D eigenvalue weighted by Gasteiger charge is -2.04. The van der Waals surface area contributed by atoms with Crippen molar-refractivity contribution in [3.8, 4) is 0 Å². The molecule has 2 aromatic rings. The van der Waals surface area contributed by atoms with E-state index in [0.29, 0.717) is 12.2 Å². The largest absolute Gasteiger partial charge is 0.390 e. The summed E-state index contributed by atoms with van der Waals surface area (Å²) in [7, 11) is 0. The zero-order valence-electron chi connectivity index (χ0n) is 9.51. The number of aliphatic hydroxyl groups excluding tert-OH is 1. The van der Waals surface area contributed by atoms with E-state index < -0.39 is 0 Å². The molecule has 0 spiro atoms. The van der Waals surface area contributed by atoms with Crippen molar-refractivity contribution in [2.75, 3.05) is 0 Å². The minimum Gasteiger partial charge on any atom is -0.390 e. The predicted molar refractivity (Wildman–Crippen MR) is 61.0 cm³/mol. The molecule has 0 saturated heterocycles. The second-order valence-electron chi connectivity index (χ2n) is 3.93. The molecular formula is C12H15N3O. The summed E-state index contributed by atoms with van der Waals surface area (Å²) < 4.78 is 1.81. The summed E-state index contributed by atoms with van der Waals surface area (Å²) in [6, 6.07) is 8.28. The van der Waals surface area contributed by atoms with Gasteiger partial charge in [-0.1, -0.05) is 35.0 Å². The van der Waals surface area contributed by atoms with Crippen LogP contribution >= 0.6 is 0 Å². The van der Waals surface area contributed by atoms with Gasteiger partial charge in [0, 0.05) is 0 Å². The molecule has 0 aliphatic carbocycles. The molecular weight excluding hydrogens is 202 g/mol. The maximum atomic E-state index is 9.03. The van der Waals surface area contributed by atoms with E-state index in [9.17, 15) is 0 Å². The average molecular weight is 217 g/mol. The van der Waals surface area contributed by atoms with Gasteiger partial charge in [-0.25, -0.2) is 4.68 Å². The van der Waals surface area contributed by atoms with E-state index in [1.54, 1.807) is 4.68 Å². The lowest BCUT2D eigenvalue weighted by atomic mass is 10.1. The normalized spacial score (nSPS) is 10.7. The molecule has 0 aliphatic rings. The van der Waals surface area contributed by atoms with E-state index in [1.807, 2.05) is 13.0 Å². The van der Waals surface area contributed by atoms with Gasteiger partial charge in [-0.05, 0) is 19.4 Å². The van der Waals surface area contributed by atoms with Crippen LogP contribution in [0.5, 0.6) is 0 Å². The molecule has 0 fully saturated rings. The molecule has 4 heteroatoms. The highest BCUT2D eigenvalue weighted by molar-refractivity contribution is 5.22. The standard InChI is InChI=1S/C12H15N3O/c1-9-4-3-5-11(6-9)7-15-10(2)12(8-16)13-14-15/h3-6,16H,7-8H2,1-2H3. The minimum atomic E-state index is -0.0559. The van der Waals surface area contributed by atoms with E-state index in [2.05, 4.69) is 35.4 Å². The molecule has 0 radical (unpaired) electrons. The number of aromatic nitrogens is 3. The van der Waals surface area contributed by atoms with Gasteiger partial charge in [0.25, 0.3) is 0 Å². The van der Waals surface area contributed by atoms with Crippen LogP contribution in [0, 0.1) is 13.8 Å². The van der Waals surface area contributed by atoms with Crippen LogP contribution in [0.3, 0.4) is 0 Å². The van der Waals surface area contributed by atoms with E-state index in [1.165, 1.54) is 11.1 Å². The molecule has 0 bridgehead atoms. The summed E-state index contributed by atoms with van der Waals surface area (Å²) in [5.41, 5.74) is 3.99. The Bertz CT molecular complexity index is 491. The fraction of sp³-hybridized carbons (Fsp3) is 0.333. The average Bonchev–Trinajstić information content (AvgIpc) is 2.60. The predicted octanol–water partition coefficient (Wildman–Crippen LogP) is 1.44. The molecule has 0 saturated carbocycles. The maximum absolute atomic E-state index is 9.03. The van der Waals surface area contributed by atoms with Gasteiger partial charge in [0.05, 0.1) is 18.8 Å². The fourth-order valence-electron chi connectivity index (χ4n) is 1.68. The lowest BCUT2D eigenvalue weighted by Crippen LogP contribution is -2.04. The summed E-state index contributed by atoms with van der Waals surface area (Å²) in [4.78, 5) is 0. The fourth-order valence-corrected chi connectivity index (χ4v) is 1.68. The number of benzene rings is 1. The summed E-state index contributed by atoms with van der Waals surface area (Å²) in [6.07, 6.45) is 0. The highest BCUT2D eigenvalue weighted by atomic mass is 16.3. The third kappa shape index (κ3) is 2.12. The van der Waals surface area contributed by atoms with Gasteiger partial charge in [0.1, 0.15) is 5.69 Å². The Morgan fingerprint density at radius 1 is 1.31 bits per heavy atom. The zero-order valence-corrected chi connectivity index (χ0v) is 9.51. The van der Waals surface area contributed by atoms with Gasteiger partial charge >= 0.3 is 0 Å². The highest BCUT2D eigenvalue weighted by Gasteiger charge is 2.07. The molecule has 16 heavy (non-hydrogen) atoms. The van der Waals surface area contributed by atoms with Crippen LogP contribution in [0.4, 0.5) is 0 Å². The molecule has 0 aliphatic heterocycles. The number of nitrogens with zero attached hydrogens (tertiary/aromatic N) is 3. The summed E-state index contributed by atoms with van der Waals surface area (Å²) in [5.74, 6) is 0. The molecule has 84 valence electrons. The topological polar surface area (TPSA) is 50.9 Å². The zero-order chi connectivity index (χ0) is 11.5. The summed E-state index contributed by atoms with van der Waals surface area (Å²) in [6.45, 7) is 4.62. The first kappa shape index (κ1) is 10.8. The van der Waals surface area contributed by atoms with Crippen molar-refractivity contribution in [1.82, 2.24) is 15.0 Å². The minimum absolute atomic E-state index is 0.0559. The van der Waals surface area contributed by atoms with Crippen LogP contribution in [0.2, 0.25) is 0 Å². The van der Waals surface area contributed by atoms with Crippen LogP contribution in [0.25, 0.3) is 0 Å². The Balaban J connectivity index is 2.24. The first-order valence-corrected chi connectivity index (χ1v) is 5.26. The number of aryl methyl sites for hydroxylation is 1. The number of hydrogen-bond donors (Lipinski definition) is 1. The van der Waals surface area contributed by atoms with Gasteiger partial charge < -0.3 is 5.11 Å². The van der Waals surface area contributed by atoms with E-state index >= 15 is 0 Å². The quantitative estimate of drug-likeness (QED) is 0.846. The maximum Gasteiger partial charge on any atom is 0.111 e. The second kappa shape index (κ2) is 4.45. The van der Waals surface area contributed by atoms with Gasteiger partial charge in [0.2, 0.25) is 0 Å². The van der Waals surface area contributed by atoms with Crippen molar-refractivity contribution in [2.24, 2.45) is 0 Å². The van der Waals surface area contributed by atoms with Crippen LogP contribution in [-0.4, -0.2) is 20.1 Å². The van der Waals surface area contributed by atoms with Crippen molar-refractivity contribution in [2.45, 2.75) is 27.0 Å². The molecule has 0 unspecified atom stereocenters. The van der Waals surface area contributed by atoms with Crippen LogP contribution in [0.1, 0.15) is 22.5 Å². The monoisotopic (exact) mass is 217 g/mol. The Labute approximate surface area is 94.5 Å². The van der Waals surface area contributed by atoms with Gasteiger partial charge in [-0.3, -0.25) is 0 Å². The van der Waals surface area contributed by atoms with Crippen molar-refractivity contribution in [3.63, 3.8) is 0 Å². The Kier molecular flexibility index (Phi) is 3.01. The van der Waals surface area contributed by atoms with Crippen LogP contribution in [0.15, 0.2) is 24.3 Å². The molecule has 2 rings (SSSR count). The molecule has 1 aromatic heterocycles. The van der Waals surface area contributed by atoms with E-state index in [-0.39, 0.29) is 6.61 Å².